The van der Waals surface area contributed by atoms with E-state index in [1.54, 1.807) is 7.11 Å². The van der Waals surface area contributed by atoms with Crippen LogP contribution in [0, 0.1) is 0 Å². The molecule has 4 nitrogen and oxygen atoms in total. The van der Waals surface area contributed by atoms with Crippen LogP contribution in [0.1, 0.15) is 19.4 Å². The van der Waals surface area contributed by atoms with E-state index in [2.05, 4.69) is 10.6 Å². The highest BCUT2D eigenvalue weighted by atomic mass is 32.1. The molecule has 23 heavy (non-hydrogen) atoms. The van der Waals surface area contributed by atoms with Gasteiger partial charge in [-0.05, 0) is 44.3 Å². The molecule has 0 aliphatic carbocycles. The molecule has 0 aliphatic heterocycles. The number of hydrogen-bond donors (Lipinski definition) is 2. The Morgan fingerprint density at radius 2 is 1.91 bits per heavy atom. The maximum atomic E-state index is 5.68. The fourth-order valence-corrected chi connectivity index (χ4v) is 2.31. The van der Waals surface area contributed by atoms with Crippen LogP contribution in [0.15, 0.2) is 48.5 Å². The lowest BCUT2D eigenvalue weighted by Gasteiger charge is -2.14. The van der Waals surface area contributed by atoms with Crippen molar-refractivity contribution in [2.24, 2.45) is 0 Å². The summed E-state index contributed by atoms with van der Waals surface area (Å²) in [5, 5.41) is 6.90. The number of anilines is 1. The second-order valence-electron chi connectivity index (χ2n) is 5.31. The van der Waals surface area contributed by atoms with Crippen LogP contribution in [0.2, 0.25) is 0 Å². The summed E-state index contributed by atoms with van der Waals surface area (Å²) in [6.45, 7) is 4.59. The van der Waals surface area contributed by atoms with Gasteiger partial charge in [-0.15, -0.1) is 0 Å². The second kappa shape index (κ2) is 8.39. The molecule has 0 saturated carbocycles. The Morgan fingerprint density at radius 1 is 1.13 bits per heavy atom. The van der Waals surface area contributed by atoms with Crippen molar-refractivity contribution >= 4 is 23.0 Å². The molecule has 0 amide bonds. The third-order valence-corrected chi connectivity index (χ3v) is 3.34. The van der Waals surface area contributed by atoms with Crippen LogP contribution in [0.3, 0.4) is 0 Å². The first-order valence-electron chi connectivity index (χ1n) is 7.52. The summed E-state index contributed by atoms with van der Waals surface area (Å²) in [6, 6.07) is 15.6. The van der Waals surface area contributed by atoms with Gasteiger partial charge in [0.1, 0.15) is 11.5 Å². The summed E-state index contributed by atoms with van der Waals surface area (Å²) in [5.74, 6) is 1.66. The molecule has 0 unspecified atom stereocenters. The Labute approximate surface area is 142 Å². The minimum Gasteiger partial charge on any atom is -0.496 e. The number of benzene rings is 2. The van der Waals surface area contributed by atoms with E-state index in [-0.39, 0.29) is 6.10 Å². The van der Waals surface area contributed by atoms with Gasteiger partial charge < -0.3 is 20.1 Å². The van der Waals surface area contributed by atoms with E-state index in [9.17, 15) is 0 Å². The highest BCUT2D eigenvalue weighted by molar-refractivity contribution is 7.80. The first-order valence-corrected chi connectivity index (χ1v) is 7.93. The highest BCUT2D eigenvalue weighted by Crippen LogP contribution is 2.19. The Balaban J connectivity index is 1.92. The fourth-order valence-electron chi connectivity index (χ4n) is 2.12. The summed E-state index contributed by atoms with van der Waals surface area (Å²) < 4.78 is 11.0. The van der Waals surface area contributed by atoms with Crippen molar-refractivity contribution in [2.45, 2.75) is 26.5 Å². The molecule has 2 rings (SSSR count). The van der Waals surface area contributed by atoms with Crippen molar-refractivity contribution in [2.75, 3.05) is 12.4 Å². The van der Waals surface area contributed by atoms with Gasteiger partial charge in [-0.25, -0.2) is 0 Å². The second-order valence-corrected chi connectivity index (χ2v) is 5.72. The van der Waals surface area contributed by atoms with Crippen LogP contribution in [0.5, 0.6) is 11.5 Å². The zero-order chi connectivity index (χ0) is 16.7. The van der Waals surface area contributed by atoms with Crippen molar-refractivity contribution in [3.05, 3.63) is 54.1 Å². The highest BCUT2D eigenvalue weighted by Gasteiger charge is 2.04. The van der Waals surface area contributed by atoms with E-state index in [1.807, 2.05) is 62.4 Å². The molecule has 2 N–H and O–H groups in total. The maximum Gasteiger partial charge on any atom is 0.171 e. The monoisotopic (exact) mass is 330 g/mol. The Morgan fingerprint density at radius 3 is 2.65 bits per heavy atom. The first-order chi connectivity index (χ1) is 11.1. The molecule has 5 heteroatoms. The van der Waals surface area contributed by atoms with E-state index < -0.39 is 0 Å². The molecular weight excluding hydrogens is 308 g/mol. The number of hydrogen-bond acceptors (Lipinski definition) is 3. The standard InChI is InChI=1S/C18H22N2O2S/c1-13(2)22-16-9-6-8-15(11-16)20-18(23)19-12-14-7-4-5-10-17(14)21-3/h4-11,13H,12H2,1-3H3,(H2,19,20,23). The predicted molar refractivity (Wildman–Crippen MR) is 98.3 cm³/mol. The zero-order valence-corrected chi connectivity index (χ0v) is 14.4. The first kappa shape index (κ1) is 17.1. The van der Waals surface area contributed by atoms with Gasteiger partial charge in [0.25, 0.3) is 0 Å². The van der Waals surface area contributed by atoms with Crippen LogP contribution in [0.4, 0.5) is 5.69 Å². The smallest absolute Gasteiger partial charge is 0.171 e. The van der Waals surface area contributed by atoms with Crippen LogP contribution < -0.4 is 20.1 Å². The number of para-hydroxylation sites is 1. The lowest BCUT2D eigenvalue weighted by molar-refractivity contribution is 0.242. The van der Waals surface area contributed by atoms with Gasteiger partial charge in [0.2, 0.25) is 0 Å². The van der Waals surface area contributed by atoms with Gasteiger partial charge in [0.15, 0.2) is 5.11 Å². The number of rotatable bonds is 6. The van der Waals surface area contributed by atoms with E-state index in [1.165, 1.54) is 0 Å². The number of methoxy groups -OCH3 is 1. The summed E-state index contributed by atoms with van der Waals surface area (Å²) in [4.78, 5) is 0. The Bertz CT molecular complexity index is 659. The Kier molecular flexibility index (Phi) is 6.23. The molecule has 0 radical (unpaired) electrons. The van der Waals surface area contributed by atoms with E-state index in [4.69, 9.17) is 21.7 Å². The summed E-state index contributed by atoms with van der Waals surface area (Å²) in [6.07, 6.45) is 0.140. The van der Waals surface area contributed by atoms with Crippen molar-refractivity contribution in [3.8, 4) is 11.5 Å². The van der Waals surface area contributed by atoms with Crippen LogP contribution in [-0.2, 0) is 6.54 Å². The predicted octanol–water partition coefficient (Wildman–Crippen LogP) is 3.97. The molecule has 0 atom stereocenters. The zero-order valence-electron chi connectivity index (χ0n) is 13.6. The van der Waals surface area contributed by atoms with E-state index in [0.29, 0.717) is 11.7 Å². The third-order valence-electron chi connectivity index (χ3n) is 3.10. The average molecular weight is 330 g/mol. The molecule has 0 fully saturated rings. The topological polar surface area (TPSA) is 42.5 Å². The summed E-state index contributed by atoms with van der Waals surface area (Å²) in [5.41, 5.74) is 1.94. The van der Waals surface area contributed by atoms with Gasteiger partial charge in [0.05, 0.1) is 13.2 Å². The number of nitrogens with one attached hydrogen (secondary N) is 2. The maximum absolute atomic E-state index is 5.68. The van der Waals surface area contributed by atoms with Gasteiger partial charge in [-0.2, -0.15) is 0 Å². The summed E-state index contributed by atoms with van der Waals surface area (Å²) in [7, 11) is 1.66. The van der Waals surface area contributed by atoms with Gasteiger partial charge in [-0.3, -0.25) is 0 Å². The largest absolute Gasteiger partial charge is 0.496 e. The quantitative estimate of drug-likeness (QED) is 0.785. The Hall–Kier alpha value is -2.27. The van der Waals surface area contributed by atoms with Gasteiger partial charge in [0, 0.05) is 23.9 Å². The molecule has 0 aromatic heterocycles. The van der Waals surface area contributed by atoms with Gasteiger partial charge >= 0.3 is 0 Å². The van der Waals surface area contributed by atoms with E-state index in [0.717, 1.165) is 22.7 Å². The van der Waals surface area contributed by atoms with Crippen molar-refractivity contribution < 1.29 is 9.47 Å². The molecule has 0 heterocycles. The van der Waals surface area contributed by atoms with Gasteiger partial charge in [-0.1, -0.05) is 24.3 Å². The molecular formula is C18H22N2O2S. The SMILES string of the molecule is COc1ccccc1CNC(=S)Nc1cccc(OC(C)C)c1. The molecule has 2 aromatic carbocycles. The average Bonchev–Trinajstić information content (AvgIpc) is 2.53. The normalized spacial score (nSPS) is 10.3. The van der Waals surface area contributed by atoms with Crippen LogP contribution in [0.25, 0.3) is 0 Å². The van der Waals surface area contributed by atoms with Crippen molar-refractivity contribution in [1.29, 1.82) is 0 Å². The third kappa shape index (κ3) is 5.45. The minimum absolute atomic E-state index is 0.140. The lowest BCUT2D eigenvalue weighted by Crippen LogP contribution is -2.28. The molecule has 2 aromatic rings. The van der Waals surface area contributed by atoms with Crippen molar-refractivity contribution in [1.82, 2.24) is 5.32 Å². The van der Waals surface area contributed by atoms with Crippen molar-refractivity contribution in [3.63, 3.8) is 0 Å². The molecule has 122 valence electrons. The van der Waals surface area contributed by atoms with Crippen LogP contribution in [-0.4, -0.2) is 18.3 Å². The molecule has 0 saturated heterocycles. The van der Waals surface area contributed by atoms with Crippen LogP contribution >= 0.6 is 12.2 Å². The number of thiocarbonyl (C=S) groups is 1. The van der Waals surface area contributed by atoms with E-state index >= 15 is 0 Å². The number of ether oxygens (including phenoxy) is 2. The molecule has 0 aliphatic rings. The molecule has 0 bridgehead atoms. The summed E-state index contributed by atoms with van der Waals surface area (Å²) >= 11 is 5.34. The fraction of sp³-hybridized carbons (Fsp3) is 0.278. The lowest BCUT2D eigenvalue weighted by atomic mass is 10.2. The molecule has 0 spiro atoms. The minimum atomic E-state index is 0.140.